The van der Waals surface area contributed by atoms with Gasteiger partial charge in [-0.1, -0.05) is 25.4 Å². The standard InChI is InChI=1S/C20H25ClFN3O3S/c1-20(2,13-25(3)4)12-23-19(26)14-5-10-17(21)18(11-14)24-29(27,28)16-8-6-15(22)7-9-16/h5-11,24H,12-13H2,1-4H3,(H,23,26). The van der Waals surface area contributed by atoms with Crippen molar-refractivity contribution in [1.29, 1.82) is 0 Å². The molecule has 0 aliphatic carbocycles. The van der Waals surface area contributed by atoms with Gasteiger partial charge in [-0.25, -0.2) is 12.8 Å². The van der Waals surface area contributed by atoms with Crippen LogP contribution in [0.5, 0.6) is 0 Å². The lowest BCUT2D eigenvalue weighted by Crippen LogP contribution is -2.40. The molecule has 0 aromatic heterocycles. The number of hydrogen-bond acceptors (Lipinski definition) is 4. The number of sulfonamides is 1. The molecule has 2 aromatic rings. The fourth-order valence-corrected chi connectivity index (χ4v) is 4.19. The summed E-state index contributed by atoms with van der Waals surface area (Å²) in [6.45, 7) is 5.31. The molecule has 0 bridgehead atoms. The molecule has 1 amide bonds. The molecule has 0 radical (unpaired) electrons. The van der Waals surface area contributed by atoms with Gasteiger partial charge in [-0.3, -0.25) is 9.52 Å². The summed E-state index contributed by atoms with van der Waals surface area (Å²) in [6.07, 6.45) is 0. The van der Waals surface area contributed by atoms with Crippen LogP contribution in [-0.4, -0.2) is 46.4 Å². The highest BCUT2D eigenvalue weighted by molar-refractivity contribution is 7.92. The number of rotatable bonds is 8. The molecule has 2 N–H and O–H groups in total. The number of nitrogens with zero attached hydrogens (tertiary/aromatic N) is 1. The Labute approximate surface area is 176 Å². The van der Waals surface area contributed by atoms with E-state index in [4.69, 9.17) is 11.6 Å². The van der Waals surface area contributed by atoms with Gasteiger partial charge in [-0.2, -0.15) is 0 Å². The highest BCUT2D eigenvalue weighted by Gasteiger charge is 2.21. The number of hydrogen-bond donors (Lipinski definition) is 2. The second kappa shape index (κ2) is 9.11. The van der Waals surface area contributed by atoms with Crippen LogP contribution in [0.1, 0.15) is 24.2 Å². The molecule has 0 saturated carbocycles. The van der Waals surface area contributed by atoms with Crippen molar-refractivity contribution in [3.05, 3.63) is 58.9 Å². The van der Waals surface area contributed by atoms with E-state index in [0.717, 1.165) is 30.8 Å². The molecule has 0 saturated heterocycles. The molecule has 0 spiro atoms. The van der Waals surface area contributed by atoms with Crippen LogP contribution in [0.15, 0.2) is 47.4 Å². The van der Waals surface area contributed by atoms with Crippen LogP contribution in [0.3, 0.4) is 0 Å². The number of carbonyl (C=O) groups is 1. The van der Waals surface area contributed by atoms with Crippen molar-refractivity contribution in [3.63, 3.8) is 0 Å². The number of anilines is 1. The molecule has 29 heavy (non-hydrogen) atoms. The molecule has 2 rings (SSSR count). The number of halogens is 2. The Morgan fingerprint density at radius 3 is 2.34 bits per heavy atom. The van der Waals surface area contributed by atoms with Gasteiger partial charge >= 0.3 is 0 Å². The van der Waals surface area contributed by atoms with E-state index < -0.39 is 15.8 Å². The van der Waals surface area contributed by atoms with Crippen molar-refractivity contribution in [1.82, 2.24) is 10.2 Å². The Balaban J connectivity index is 2.17. The van der Waals surface area contributed by atoms with Crippen LogP contribution in [-0.2, 0) is 10.0 Å². The SMILES string of the molecule is CN(C)CC(C)(C)CNC(=O)c1ccc(Cl)c(NS(=O)(=O)c2ccc(F)cc2)c1. The molecular weight excluding hydrogens is 417 g/mol. The van der Waals surface area contributed by atoms with Gasteiger partial charge in [0.1, 0.15) is 5.82 Å². The van der Waals surface area contributed by atoms with Gasteiger partial charge in [0.15, 0.2) is 0 Å². The first-order valence-electron chi connectivity index (χ1n) is 8.90. The molecule has 158 valence electrons. The van der Waals surface area contributed by atoms with E-state index in [-0.39, 0.29) is 32.5 Å². The highest BCUT2D eigenvalue weighted by atomic mass is 35.5. The fourth-order valence-electron chi connectivity index (χ4n) is 2.90. The van der Waals surface area contributed by atoms with E-state index >= 15 is 0 Å². The molecule has 0 aliphatic heterocycles. The number of amides is 1. The largest absolute Gasteiger partial charge is 0.351 e. The van der Waals surface area contributed by atoms with Crippen molar-refractivity contribution < 1.29 is 17.6 Å². The predicted octanol–water partition coefficient (Wildman–Crippen LogP) is 3.60. The Hall–Kier alpha value is -2.16. The first-order chi connectivity index (χ1) is 13.4. The predicted molar refractivity (Wildman–Crippen MR) is 113 cm³/mol. The minimum Gasteiger partial charge on any atom is -0.351 e. The first kappa shape index (κ1) is 23.1. The summed E-state index contributed by atoms with van der Waals surface area (Å²) < 4.78 is 40.4. The highest BCUT2D eigenvalue weighted by Crippen LogP contribution is 2.26. The van der Waals surface area contributed by atoms with Crippen molar-refractivity contribution in [2.24, 2.45) is 5.41 Å². The van der Waals surface area contributed by atoms with Gasteiger partial charge in [-0.15, -0.1) is 0 Å². The Kier molecular flexibility index (Phi) is 7.26. The minimum absolute atomic E-state index is 0.0659. The van der Waals surface area contributed by atoms with Gasteiger partial charge in [0.25, 0.3) is 15.9 Å². The monoisotopic (exact) mass is 441 g/mol. The zero-order valence-electron chi connectivity index (χ0n) is 16.8. The number of benzene rings is 2. The third-order valence-corrected chi connectivity index (χ3v) is 5.78. The lowest BCUT2D eigenvalue weighted by Gasteiger charge is -2.28. The summed E-state index contributed by atoms with van der Waals surface area (Å²) >= 11 is 6.10. The minimum atomic E-state index is -3.98. The van der Waals surface area contributed by atoms with Crippen LogP contribution < -0.4 is 10.0 Å². The van der Waals surface area contributed by atoms with Crippen LogP contribution in [0.25, 0.3) is 0 Å². The van der Waals surface area contributed by atoms with E-state index in [2.05, 4.69) is 10.0 Å². The maximum atomic E-state index is 13.1. The lowest BCUT2D eigenvalue weighted by molar-refractivity contribution is 0.0929. The summed E-state index contributed by atoms with van der Waals surface area (Å²) in [7, 11) is -0.0612. The van der Waals surface area contributed by atoms with Gasteiger partial charge < -0.3 is 10.2 Å². The second-order valence-electron chi connectivity index (χ2n) is 7.84. The lowest BCUT2D eigenvalue weighted by atomic mass is 9.93. The number of carbonyl (C=O) groups excluding carboxylic acids is 1. The second-order valence-corrected chi connectivity index (χ2v) is 9.93. The van der Waals surface area contributed by atoms with E-state index in [0.29, 0.717) is 6.54 Å². The van der Waals surface area contributed by atoms with Crippen molar-refractivity contribution in [2.75, 3.05) is 31.9 Å². The third kappa shape index (κ3) is 6.69. The van der Waals surface area contributed by atoms with E-state index in [9.17, 15) is 17.6 Å². The zero-order chi connectivity index (χ0) is 21.8. The summed E-state index contributed by atoms with van der Waals surface area (Å²) in [5.74, 6) is -0.881. The molecule has 6 nitrogen and oxygen atoms in total. The normalized spacial score (nSPS) is 12.1. The Morgan fingerprint density at radius 2 is 1.76 bits per heavy atom. The Morgan fingerprint density at radius 1 is 1.14 bits per heavy atom. The average Bonchev–Trinajstić information content (AvgIpc) is 2.61. The van der Waals surface area contributed by atoms with Gasteiger partial charge in [0, 0.05) is 18.7 Å². The van der Waals surface area contributed by atoms with Crippen LogP contribution in [0.2, 0.25) is 5.02 Å². The molecule has 0 heterocycles. The van der Waals surface area contributed by atoms with Gasteiger partial charge in [0.05, 0.1) is 15.6 Å². The average molecular weight is 442 g/mol. The molecule has 9 heteroatoms. The van der Waals surface area contributed by atoms with E-state index in [1.807, 2.05) is 32.8 Å². The fraction of sp³-hybridized carbons (Fsp3) is 0.350. The topological polar surface area (TPSA) is 78.5 Å². The molecular formula is C20H25ClFN3O3S. The zero-order valence-corrected chi connectivity index (χ0v) is 18.4. The van der Waals surface area contributed by atoms with Crippen molar-refractivity contribution in [2.45, 2.75) is 18.7 Å². The van der Waals surface area contributed by atoms with Crippen molar-refractivity contribution in [3.8, 4) is 0 Å². The summed E-state index contributed by atoms with van der Waals surface area (Å²) in [5, 5.41) is 3.00. The summed E-state index contributed by atoms with van der Waals surface area (Å²) in [6, 6.07) is 8.74. The van der Waals surface area contributed by atoms with Crippen molar-refractivity contribution >= 4 is 33.2 Å². The van der Waals surface area contributed by atoms with Gasteiger partial charge in [0.2, 0.25) is 0 Å². The molecule has 2 aromatic carbocycles. The van der Waals surface area contributed by atoms with Gasteiger partial charge in [-0.05, 0) is 62.0 Å². The molecule has 0 fully saturated rings. The van der Waals surface area contributed by atoms with Crippen LogP contribution >= 0.6 is 11.6 Å². The maximum Gasteiger partial charge on any atom is 0.261 e. The maximum absolute atomic E-state index is 13.1. The Bertz CT molecular complexity index is 977. The quantitative estimate of drug-likeness (QED) is 0.656. The first-order valence-corrected chi connectivity index (χ1v) is 10.8. The van der Waals surface area contributed by atoms with Crippen LogP contribution in [0, 0.1) is 11.2 Å². The smallest absolute Gasteiger partial charge is 0.261 e. The van der Waals surface area contributed by atoms with E-state index in [1.165, 1.54) is 18.2 Å². The van der Waals surface area contributed by atoms with E-state index in [1.54, 1.807) is 0 Å². The summed E-state index contributed by atoms with van der Waals surface area (Å²) in [4.78, 5) is 14.5. The molecule has 0 aliphatic rings. The van der Waals surface area contributed by atoms with Crippen LogP contribution in [0.4, 0.5) is 10.1 Å². The molecule has 0 unspecified atom stereocenters. The molecule has 0 atom stereocenters. The third-order valence-electron chi connectivity index (χ3n) is 4.07. The summed E-state index contributed by atoms with van der Waals surface area (Å²) in [5.41, 5.74) is 0.196. The number of nitrogens with one attached hydrogen (secondary N) is 2.